The third-order valence-corrected chi connectivity index (χ3v) is 6.00. The summed E-state index contributed by atoms with van der Waals surface area (Å²) in [5.74, 6) is -0.966. The number of aliphatic carboxylic acids is 1. The third-order valence-electron chi connectivity index (χ3n) is 3.55. The lowest BCUT2D eigenvalue weighted by molar-refractivity contribution is -0.136. The van der Waals surface area contributed by atoms with Crippen molar-refractivity contribution in [3.05, 3.63) is 48.0 Å². The summed E-state index contributed by atoms with van der Waals surface area (Å²) in [6.45, 7) is 0. The van der Waals surface area contributed by atoms with E-state index in [9.17, 15) is 18.0 Å². The van der Waals surface area contributed by atoms with E-state index in [0.29, 0.717) is 16.1 Å². The zero-order chi connectivity index (χ0) is 20.9. The van der Waals surface area contributed by atoms with Crippen LogP contribution in [0.25, 0.3) is 0 Å². The highest BCUT2D eigenvalue weighted by molar-refractivity contribution is 8.13. The Morgan fingerprint density at radius 1 is 1.14 bits per heavy atom. The molecule has 0 aliphatic rings. The van der Waals surface area contributed by atoms with Crippen molar-refractivity contribution >= 4 is 38.7 Å². The molecule has 2 aromatic carbocycles. The molecule has 0 unspecified atom stereocenters. The Morgan fingerprint density at radius 2 is 1.79 bits per heavy atom. The zero-order valence-corrected chi connectivity index (χ0v) is 17.1. The van der Waals surface area contributed by atoms with Gasteiger partial charge in [-0.05, 0) is 53.7 Å². The summed E-state index contributed by atoms with van der Waals surface area (Å²) < 4.78 is 33.1. The van der Waals surface area contributed by atoms with E-state index in [1.54, 1.807) is 26.2 Å². The second kappa shape index (κ2) is 8.98. The minimum atomic E-state index is -4.01. The minimum absolute atomic E-state index is 0.102. The molecule has 0 heterocycles. The number of anilines is 1. The number of amides is 1. The second-order valence-electron chi connectivity index (χ2n) is 5.95. The van der Waals surface area contributed by atoms with Crippen LogP contribution in [0.15, 0.2) is 52.3 Å². The first kappa shape index (κ1) is 21.6. The standard InChI is InChI=1S/C18H20N2O6S2/c1-20(2)18(23)27-14-7-5-13(6-8-14)19-28(24,25)16-10-12(11-17(21)22)4-9-15(16)26-3/h4-10,19H,11H2,1-3H3,(H,21,22). The number of hydrogen-bond acceptors (Lipinski definition) is 6. The maximum Gasteiger partial charge on any atom is 0.307 e. The van der Waals surface area contributed by atoms with Crippen LogP contribution in [0.5, 0.6) is 5.75 Å². The van der Waals surface area contributed by atoms with Gasteiger partial charge in [0.1, 0.15) is 10.6 Å². The number of carbonyl (C=O) groups excluding carboxylic acids is 1. The van der Waals surface area contributed by atoms with Crippen molar-refractivity contribution in [2.75, 3.05) is 25.9 Å². The molecule has 1 amide bonds. The van der Waals surface area contributed by atoms with Gasteiger partial charge >= 0.3 is 5.97 Å². The molecule has 0 aliphatic heterocycles. The van der Waals surface area contributed by atoms with Crippen LogP contribution < -0.4 is 9.46 Å². The second-order valence-corrected chi connectivity index (χ2v) is 8.62. The van der Waals surface area contributed by atoms with Gasteiger partial charge in [0.15, 0.2) is 0 Å². The summed E-state index contributed by atoms with van der Waals surface area (Å²) in [6.07, 6.45) is -0.307. The van der Waals surface area contributed by atoms with Gasteiger partial charge in [-0.1, -0.05) is 6.07 Å². The van der Waals surface area contributed by atoms with Crippen LogP contribution in [0.4, 0.5) is 10.5 Å². The van der Waals surface area contributed by atoms with Gasteiger partial charge in [-0.2, -0.15) is 0 Å². The molecule has 8 nitrogen and oxygen atoms in total. The van der Waals surface area contributed by atoms with E-state index in [4.69, 9.17) is 9.84 Å². The van der Waals surface area contributed by atoms with E-state index in [2.05, 4.69) is 4.72 Å². The number of carbonyl (C=O) groups is 2. The van der Waals surface area contributed by atoms with Gasteiger partial charge in [0, 0.05) is 24.7 Å². The highest BCUT2D eigenvalue weighted by Gasteiger charge is 2.21. The third kappa shape index (κ3) is 5.64. The minimum Gasteiger partial charge on any atom is -0.495 e. The first-order chi connectivity index (χ1) is 13.1. The van der Waals surface area contributed by atoms with Crippen molar-refractivity contribution in [1.29, 1.82) is 0 Å². The van der Waals surface area contributed by atoms with Crippen LogP contribution in [0.3, 0.4) is 0 Å². The van der Waals surface area contributed by atoms with Crippen LogP contribution in [-0.2, 0) is 21.2 Å². The van der Waals surface area contributed by atoms with Crippen LogP contribution in [0.2, 0.25) is 0 Å². The first-order valence-corrected chi connectivity index (χ1v) is 10.3. The molecule has 0 aliphatic carbocycles. The van der Waals surface area contributed by atoms with Gasteiger partial charge in [0.2, 0.25) is 0 Å². The number of nitrogens with zero attached hydrogens (tertiary/aromatic N) is 1. The average molecular weight is 425 g/mol. The summed E-state index contributed by atoms with van der Waals surface area (Å²) in [4.78, 5) is 24.6. The fraction of sp³-hybridized carbons (Fsp3) is 0.222. The highest BCUT2D eigenvalue weighted by atomic mass is 32.2. The van der Waals surface area contributed by atoms with Gasteiger partial charge in [-0.15, -0.1) is 0 Å². The number of hydrogen-bond donors (Lipinski definition) is 2. The van der Waals surface area contributed by atoms with Crippen molar-refractivity contribution in [1.82, 2.24) is 4.90 Å². The van der Waals surface area contributed by atoms with Gasteiger partial charge in [0.05, 0.1) is 13.5 Å². The molecule has 0 aromatic heterocycles. The number of thioether (sulfide) groups is 1. The Kier molecular flexibility index (Phi) is 6.92. The molecule has 10 heteroatoms. The highest BCUT2D eigenvalue weighted by Crippen LogP contribution is 2.28. The lowest BCUT2D eigenvalue weighted by atomic mass is 10.1. The number of rotatable bonds is 7. The number of carboxylic acid groups (broad SMARTS) is 1. The fourth-order valence-corrected chi connectivity index (χ4v) is 4.14. The molecular formula is C18H20N2O6S2. The summed E-state index contributed by atoms with van der Waals surface area (Å²) in [6, 6.07) is 10.5. The Labute approximate surface area is 167 Å². The van der Waals surface area contributed by atoms with Crippen LogP contribution >= 0.6 is 11.8 Å². The lowest BCUT2D eigenvalue weighted by Gasteiger charge is -2.13. The summed E-state index contributed by atoms with van der Waals surface area (Å²) in [5.41, 5.74) is 0.634. The normalized spacial score (nSPS) is 11.0. The van der Waals surface area contributed by atoms with Gasteiger partial charge in [0.25, 0.3) is 15.3 Å². The summed E-state index contributed by atoms with van der Waals surface area (Å²) in [5, 5.41) is 8.77. The molecule has 150 valence electrons. The molecule has 0 bridgehead atoms. The SMILES string of the molecule is COc1ccc(CC(=O)O)cc1S(=O)(=O)Nc1ccc(SC(=O)N(C)C)cc1. The van der Waals surface area contributed by atoms with Crippen LogP contribution in [-0.4, -0.2) is 50.8 Å². The Morgan fingerprint density at radius 3 is 2.32 bits per heavy atom. The Balaban J connectivity index is 2.25. The molecule has 0 spiro atoms. The molecule has 2 rings (SSSR count). The Hall–Kier alpha value is -2.72. The molecule has 2 N–H and O–H groups in total. The Bertz CT molecular complexity index is 972. The number of nitrogens with one attached hydrogen (secondary N) is 1. The molecule has 2 aromatic rings. The molecule has 0 radical (unpaired) electrons. The van der Waals surface area contributed by atoms with Crippen LogP contribution in [0, 0.1) is 0 Å². The quantitative estimate of drug-likeness (QED) is 0.657. The average Bonchev–Trinajstić information content (AvgIpc) is 2.62. The van der Waals surface area contributed by atoms with Gasteiger partial charge in [-0.3, -0.25) is 14.3 Å². The van der Waals surface area contributed by atoms with E-state index in [0.717, 1.165) is 11.8 Å². The number of ether oxygens (including phenoxy) is 1. The number of sulfonamides is 1. The van der Waals surface area contributed by atoms with E-state index < -0.39 is 16.0 Å². The van der Waals surface area contributed by atoms with E-state index in [1.807, 2.05) is 0 Å². The van der Waals surface area contributed by atoms with Gasteiger partial charge < -0.3 is 14.7 Å². The summed E-state index contributed by atoms with van der Waals surface area (Å²) >= 11 is 1.02. The molecule has 0 atom stereocenters. The van der Waals surface area contributed by atoms with Crippen molar-refractivity contribution in [2.45, 2.75) is 16.2 Å². The monoisotopic (exact) mass is 424 g/mol. The fourth-order valence-electron chi connectivity index (χ4n) is 2.21. The van der Waals surface area contributed by atoms with E-state index >= 15 is 0 Å². The topological polar surface area (TPSA) is 113 Å². The largest absolute Gasteiger partial charge is 0.495 e. The smallest absolute Gasteiger partial charge is 0.307 e. The van der Waals surface area contributed by atoms with Crippen molar-refractivity contribution < 1.29 is 27.9 Å². The molecule has 28 heavy (non-hydrogen) atoms. The maximum atomic E-state index is 12.8. The molecule has 0 saturated carbocycles. The lowest BCUT2D eigenvalue weighted by Crippen LogP contribution is -2.16. The molecular weight excluding hydrogens is 404 g/mol. The summed E-state index contributed by atoms with van der Waals surface area (Å²) in [7, 11) is 0.604. The van der Waals surface area contributed by atoms with Crippen molar-refractivity contribution in [2.24, 2.45) is 0 Å². The predicted molar refractivity (Wildman–Crippen MR) is 107 cm³/mol. The zero-order valence-electron chi connectivity index (χ0n) is 15.5. The molecule has 0 saturated heterocycles. The van der Waals surface area contributed by atoms with Gasteiger partial charge in [-0.25, -0.2) is 8.42 Å². The maximum absolute atomic E-state index is 12.8. The number of methoxy groups -OCH3 is 1. The predicted octanol–water partition coefficient (Wildman–Crippen LogP) is 2.90. The van der Waals surface area contributed by atoms with E-state index in [1.165, 1.54) is 42.3 Å². The van der Waals surface area contributed by atoms with Crippen molar-refractivity contribution in [3.8, 4) is 5.75 Å². The van der Waals surface area contributed by atoms with Crippen LogP contribution in [0.1, 0.15) is 5.56 Å². The number of carboxylic acids is 1. The first-order valence-electron chi connectivity index (χ1n) is 8.03. The molecule has 0 fully saturated rings. The van der Waals surface area contributed by atoms with E-state index in [-0.39, 0.29) is 22.3 Å². The van der Waals surface area contributed by atoms with Crippen molar-refractivity contribution in [3.63, 3.8) is 0 Å². The number of benzene rings is 2.